The largest absolute Gasteiger partial charge is 0.382 e. The van der Waals surface area contributed by atoms with E-state index in [1.54, 1.807) is 12.5 Å². The van der Waals surface area contributed by atoms with Crippen LogP contribution in [0.5, 0.6) is 0 Å². The van der Waals surface area contributed by atoms with Gasteiger partial charge in [0.15, 0.2) is 11.5 Å². The van der Waals surface area contributed by atoms with Crippen LogP contribution >= 0.6 is 0 Å². The van der Waals surface area contributed by atoms with Crippen LogP contribution in [0, 0.1) is 0 Å². The predicted octanol–water partition coefficient (Wildman–Crippen LogP) is 1.74. The Morgan fingerprint density at radius 1 is 1.17 bits per heavy atom. The van der Waals surface area contributed by atoms with Crippen LogP contribution in [0.25, 0.3) is 5.69 Å². The molecule has 0 saturated carbocycles. The van der Waals surface area contributed by atoms with Crippen molar-refractivity contribution < 1.29 is 4.79 Å². The first-order valence-electron chi connectivity index (χ1n) is 7.11. The Hall–Kier alpha value is -3.22. The van der Waals surface area contributed by atoms with Crippen LogP contribution in [0.1, 0.15) is 29.0 Å². The highest BCUT2D eigenvalue weighted by Gasteiger charge is 2.15. The summed E-state index contributed by atoms with van der Waals surface area (Å²) in [6.45, 7) is 1.90. The maximum atomic E-state index is 12.2. The Bertz CT molecular complexity index is 798. The quantitative estimate of drug-likeness (QED) is 0.765. The van der Waals surface area contributed by atoms with Crippen molar-refractivity contribution in [1.82, 2.24) is 24.8 Å². The molecule has 3 N–H and O–H groups in total. The number of hydrogen-bond donors (Lipinski definition) is 2. The molecule has 1 atom stereocenters. The van der Waals surface area contributed by atoms with Gasteiger partial charge in [0.2, 0.25) is 0 Å². The van der Waals surface area contributed by atoms with Crippen molar-refractivity contribution >= 4 is 11.7 Å². The molecule has 2 aromatic heterocycles. The number of imidazole rings is 1. The number of carbonyl (C=O) groups is 1. The molecule has 7 nitrogen and oxygen atoms in total. The van der Waals surface area contributed by atoms with Crippen LogP contribution in [0.3, 0.4) is 0 Å². The summed E-state index contributed by atoms with van der Waals surface area (Å²) in [5.74, 6) is -0.227. The number of hydrogen-bond acceptors (Lipinski definition) is 5. The Balaban J connectivity index is 1.72. The van der Waals surface area contributed by atoms with E-state index in [4.69, 9.17) is 5.73 Å². The molecule has 0 bridgehead atoms. The molecular formula is C16H16N6O. The standard InChI is InChI=1S/C16H16N6O/c1-11(21-16(23)14-15(17)20-7-6-19-14)12-2-4-13(5-3-12)22-9-8-18-10-22/h2-11H,1H3,(H2,17,20)(H,21,23)/t11-/m0/s1. The molecule has 0 aliphatic heterocycles. The minimum atomic E-state index is -0.346. The summed E-state index contributed by atoms with van der Waals surface area (Å²) in [5.41, 5.74) is 7.78. The van der Waals surface area contributed by atoms with E-state index in [2.05, 4.69) is 20.3 Å². The van der Waals surface area contributed by atoms with E-state index in [-0.39, 0.29) is 23.5 Å². The van der Waals surface area contributed by atoms with Crippen LogP contribution in [0.2, 0.25) is 0 Å². The third-order valence-electron chi connectivity index (χ3n) is 3.48. The van der Waals surface area contributed by atoms with Gasteiger partial charge in [-0.05, 0) is 24.6 Å². The summed E-state index contributed by atoms with van der Waals surface area (Å²) in [5, 5.41) is 2.87. The van der Waals surface area contributed by atoms with Gasteiger partial charge in [-0.15, -0.1) is 0 Å². The van der Waals surface area contributed by atoms with Gasteiger partial charge in [0.25, 0.3) is 5.91 Å². The molecule has 0 saturated heterocycles. The molecule has 7 heteroatoms. The number of nitrogen functional groups attached to an aromatic ring is 1. The number of nitrogens with one attached hydrogen (secondary N) is 1. The summed E-state index contributed by atoms with van der Waals surface area (Å²) in [4.78, 5) is 24.0. The van der Waals surface area contributed by atoms with Gasteiger partial charge >= 0.3 is 0 Å². The smallest absolute Gasteiger partial charge is 0.274 e. The molecule has 23 heavy (non-hydrogen) atoms. The van der Waals surface area contributed by atoms with Crippen LogP contribution in [0.15, 0.2) is 55.4 Å². The highest BCUT2D eigenvalue weighted by molar-refractivity contribution is 5.96. The van der Waals surface area contributed by atoms with Crippen LogP contribution in [0.4, 0.5) is 5.82 Å². The van der Waals surface area contributed by atoms with Gasteiger partial charge in [-0.3, -0.25) is 4.79 Å². The molecule has 0 aliphatic carbocycles. The average Bonchev–Trinajstić information content (AvgIpc) is 3.09. The zero-order valence-corrected chi connectivity index (χ0v) is 12.5. The number of carbonyl (C=O) groups excluding carboxylic acids is 1. The second kappa shape index (κ2) is 6.27. The van der Waals surface area contributed by atoms with Gasteiger partial charge in [0.05, 0.1) is 12.4 Å². The van der Waals surface area contributed by atoms with Crippen molar-refractivity contribution in [3.63, 3.8) is 0 Å². The second-order valence-corrected chi connectivity index (χ2v) is 5.05. The third kappa shape index (κ3) is 3.18. The highest BCUT2D eigenvalue weighted by Crippen LogP contribution is 2.16. The number of benzene rings is 1. The first-order chi connectivity index (χ1) is 11.1. The van der Waals surface area contributed by atoms with Gasteiger partial charge < -0.3 is 15.6 Å². The molecule has 116 valence electrons. The van der Waals surface area contributed by atoms with Crippen LogP contribution in [-0.4, -0.2) is 25.4 Å². The van der Waals surface area contributed by atoms with E-state index < -0.39 is 0 Å². The first-order valence-corrected chi connectivity index (χ1v) is 7.11. The molecule has 0 spiro atoms. The molecule has 0 fully saturated rings. The van der Waals surface area contributed by atoms with Crippen molar-refractivity contribution in [2.75, 3.05) is 5.73 Å². The molecular weight excluding hydrogens is 292 g/mol. The number of aromatic nitrogens is 4. The summed E-state index contributed by atoms with van der Waals surface area (Å²) in [7, 11) is 0. The lowest BCUT2D eigenvalue weighted by molar-refractivity contribution is 0.0935. The average molecular weight is 308 g/mol. The van der Waals surface area contributed by atoms with Gasteiger partial charge in [-0.25, -0.2) is 15.0 Å². The lowest BCUT2D eigenvalue weighted by Gasteiger charge is -2.15. The Morgan fingerprint density at radius 2 is 1.91 bits per heavy atom. The summed E-state index contributed by atoms with van der Waals surface area (Å²) >= 11 is 0. The minimum Gasteiger partial charge on any atom is -0.382 e. The maximum Gasteiger partial charge on any atom is 0.274 e. The lowest BCUT2D eigenvalue weighted by Crippen LogP contribution is -2.28. The second-order valence-electron chi connectivity index (χ2n) is 5.05. The molecule has 1 aromatic carbocycles. The van der Waals surface area contributed by atoms with Crippen molar-refractivity contribution in [1.29, 1.82) is 0 Å². The first kappa shape index (κ1) is 14.7. The third-order valence-corrected chi connectivity index (χ3v) is 3.48. The topological polar surface area (TPSA) is 98.7 Å². The van der Waals surface area contributed by atoms with Crippen molar-refractivity contribution in [3.8, 4) is 5.69 Å². The maximum absolute atomic E-state index is 12.2. The summed E-state index contributed by atoms with van der Waals surface area (Å²) < 4.78 is 1.91. The van der Waals surface area contributed by atoms with Gasteiger partial charge in [-0.2, -0.15) is 0 Å². The zero-order chi connectivity index (χ0) is 16.2. The molecule has 1 amide bonds. The molecule has 2 heterocycles. The lowest BCUT2D eigenvalue weighted by atomic mass is 10.1. The van der Waals surface area contributed by atoms with Gasteiger partial charge in [-0.1, -0.05) is 12.1 Å². The number of amides is 1. The van der Waals surface area contributed by atoms with E-state index in [1.807, 2.05) is 42.0 Å². The van der Waals surface area contributed by atoms with Crippen LogP contribution < -0.4 is 11.1 Å². The minimum absolute atomic E-state index is 0.118. The molecule has 0 unspecified atom stereocenters. The Kier molecular flexibility index (Phi) is 4.01. The fraction of sp³-hybridized carbons (Fsp3) is 0.125. The highest BCUT2D eigenvalue weighted by atomic mass is 16.2. The summed E-state index contributed by atoms with van der Waals surface area (Å²) in [6, 6.07) is 7.67. The SMILES string of the molecule is C[C@H](NC(=O)c1nccnc1N)c1ccc(-n2ccnc2)cc1. The fourth-order valence-corrected chi connectivity index (χ4v) is 2.22. The predicted molar refractivity (Wildman–Crippen MR) is 85.9 cm³/mol. The Labute approximate surface area is 133 Å². The molecule has 3 aromatic rings. The molecule has 3 rings (SSSR count). The van der Waals surface area contributed by atoms with Crippen LogP contribution in [-0.2, 0) is 0 Å². The van der Waals surface area contributed by atoms with E-state index >= 15 is 0 Å². The number of rotatable bonds is 4. The zero-order valence-electron chi connectivity index (χ0n) is 12.5. The monoisotopic (exact) mass is 308 g/mol. The van der Waals surface area contributed by atoms with E-state index in [9.17, 15) is 4.79 Å². The van der Waals surface area contributed by atoms with E-state index in [0.29, 0.717) is 0 Å². The molecule has 0 radical (unpaired) electrons. The van der Waals surface area contributed by atoms with Gasteiger partial charge in [0, 0.05) is 30.5 Å². The number of nitrogens with two attached hydrogens (primary N) is 1. The normalized spacial score (nSPS) is 11.9. The number of nitrogens with zero attached hydrogens (tertiary/aromatic N) is 4. The molecule has 0 aliphatic rings. The van der Waals surface area contributed by atoms with Crippen molar-refractivity contribution in [2.45, 2.75) is 13.0 Å². The van der Waals surface area contributed by atoms with E-state index in [0.717, 1.165) is 11.3 Å². The summed E-state index contributed by atoms with van der Waals surface area (Å²) in [6.07, 6.45) is 8.22. The van der Waals surface area contributed by atoms with E-state index in [1.165, 1.54) is 12.4 Å². The Morgan fingerprint density at radius 3 is 2.57 bits per heavy atom. The van der Waals surface area contributed by atoms with Crippen molar-refractivity contribution in [2.24, 2.45) is 0 Å². The van der Waals surface area contributed by atoms with Gasteiger partial charge in [0.1, 0.15) is 0 Å². The fourth-order valence-electron chi connectivity index (χ4n) is 2.22. The number of anilines is 1. The van der Waals surface area contributed by atoms with Crippen molar-refractivity contribution in [3.05, 3.63) is 66.6 Å².